The van der Waals surface area contributed by atoms with Crippen LogP contribution in [0.5, 0.6) is 0 Å². The van der Waals surface area contributed by atoms with Gasteiger partial charge in [0.2, 0.25) is 5.89 Å². The molecule has 1 unspecified atom stereocenters. The molecule has 0 aliphatic heterocycles. The van der Waals surface area contributed by atoms with Crippen molar-refractivity contribution in [2.75, 3.05) is 0 Å². The number of amides is 1. The van der Waals surface area contributed by atoms with E-state index in [9.17, 15) is 19.7 Å². The van der Waals surface area contributed by atoms with Crippen molar-refractivity contribution < 1.29 is 23.7 Å². The zero-order valence-electron chi connectivity index (χ0n) is 15.6. The second-order valence-corrected chi connectivity index (χ2v) is 6.55. The number of esters is 1. The molecule has 0 fully saturated rings. The first-order valence-electron chi connectivity index (χ1n) is 8.64. The van der Waals surface area contributed by atoms with E-state index in [1.165, 1.54) is 25.1 Å². The summed E-state index contributed by atoms with van der Waals surface area (Å²) in [5.74, 6) is -1.07. The van der Waals surface area contributed by atoms with Crippen LogP contribution in [0.2, 0.25) is 5.02 Å². The minimum Gasteiger partial charge on any atom is -0.454 e. The van der Waals surface area contributed by atoms with E-state index >= 15 is 0 Å². The van der Waals surface area contributed by atoms with Gasteiger partial charge in [-0.3, -0.25) is 14.9 Å². The molecule has 0 aliphatic carbocycles. The minimum absolute atomic E-state index is 0.0494. The fourth-order valence-corrected chi connectivity index (χ4v) is 2.50. The molecule has 1 amide bonds. The summed E-state index contributed by atoms with van der Waals surface area (Å²) in [5.41, 5.74) is 0.473. The van der Waals surface area contributed by atoms with Crippen LogP contribution < -0.4 is 5.32 Å². The van der Waals surface area contributed by atoms with Crippen molar-refractivity contribution in [3.8, 4) is 11.5 Å². The molecule has 0 saturated heterocycles. The summed E-state index contributed by atoms with van der Waals surface area (Å²) < 4.78 is 10.5. The van der Waals surface area contributed by atoms with Gasteiger partial charge in [-0.1, -0.05) is 17.7 Å². The van der Waals surface area contributed by atoms with Gasteiger partial charge in [-0.05, 0) is 37.3 Å². The topological polar surface area (TPSA) is 137 Å². The number of nitro groups is 1. The van der Waals surface area contributed by atoms with Gasteiger partial charge in [0.05, 0.1) is 4.92 Å². The number of hydrogen-bond acceptors (Lipinski definition) is 8. The number of nitrogens with one attached hydrogen (secondary N) is 1. The van der Waals surface area contributed by atoms with Crippen LogP contribution in [-0.4, -0.2) is 33.0 Å². The first kappa shape index (κ1) is 20.9. The number of carbonyl (C=O) groups is 2. The first-order valence-corrected chi connectivity index (χ1v) is 9.01. The Morgan fingerprint density at radius 2 is 1.97 bits per heavy atom. The summed E-state index contributed by atoms with van der Waals surface area (Å²) in [5, 5.41) is 21.5. The number of nitrogens with zero attached hydrogens (tertiary/aromatic N) is 3. The van der Waals surface area contributed by atoms with Crippen molar-refractivity contribution in [1.29, 1.82) is 0 Å². The van der Waals surface area contributed by atoms with Crippen LogP contribution in [0.25, 0.3) is 11.5 Å². The van der Waals surface area contributed by atoms with E-state index in [2.05, 4.69) is 15.5 Å². The quantitative estimate of drug-likeness (QED) is 0.342. The predicted octanol–water partition coefficient (Wildman–Crippen LogP) is 3.16. The molecular weight excluding hydrogens is 416 g/mol. The molecule has 1 atom stereocenters. The van der Waals surface area contributed by atoms with E-state index in [0.717, 1.165) is 6.07 Å². The molecule has 1 heterocycles. The lowest BCUT2D eigenvalue weighted by Crippen LogP contribution is -2.39. The number of nitro benzene ring substituents is 1. The molecule has 0 radical (unpaired) electrons. The van der Waals surface area contributed by atoms with Crippen molar-refractivity contribution in [3.63, 3.8) is 0 Å². The maximum Gasteiger partial charge on any atom is 0.328 e. The third kappa shape index (κ3) is 5.17. The molecular formula is C19H15ClN4O6. The van der Waals surface area contributed by atoms with E-state index in [1.54, 1.807) is 24.3 Å². The van der Waals surface area contributed by atoms with E-state index in [0.29, 0.717) is 10.6 Å². The highest BCUT2D eigenvalue weighted by Crippen LogP contribution is 2.20. The normalized spacial score (nSPS) is 11.5. The summed E-state index contributed by atoms with van der Waals surface area (Å²) in [6, 6.07) is 10.9. The Balaban J connectivity index is 1.55. The summed E-state index contributed by atoms with van der Waals surface area (Å²) in [6.45, 7) is 1.14. The number of ether oxygens (including phenoxy) is 1. The van der Waals surface area contributed by atoms with Gasteiger partial charge in [-0.25, -0.2) is 4.79 Å². The lowest BCUT2D eigenvalue weighted by Gasteiger charge is -2.12. The Bertz CT molecular complexity index is 1080. The summed E-state index contributed by atoms with van der Waals surface area (Å²) in [4.78, 5) is 34.5. The van der Waals surface area contributed by atoms with Gasteiger partial charge >= 0.3 is 5.97 Å². The Labute approximate surface area is 175 Å². The summed E-state index contributed by atoms with van der Waals surface area (Å²) in [7, 11) is 0. The van der Waals surface area contributed by atoms with Gasteiger partial charge in [-0.15, -0.1) is 10.2 Å². The maximum absolute atomic E-state index is 12.2. The number of carbonyl (C=O) groups excluding carboxylic acids is 2. The third-order valence-electron chi connectivity index (χ3n) is 3.92. The molecule has 0 spiro atoms. The molecule has 1 aromatic heterocycles. The molecule has 11 heteroatoms. The summed E-state index contributed by atoms with van der Waals surface area (Å²) in [6.07, 6.45) is 0. The molecule has 10 nitrogen and oxygen atoms in total. The number of halogens is 1. The number of rotatable bonds is 7. The second-order valence-electron chi connectivity index (χ2n) is 6.12. The van der Waals surface area contributed by atoms with Crippen molar-refractivity contribution in [2.24, 2.45) is 0 Å². The Morgan fingerprint density at radius 1 is 1.23 bits per heavy atom. The van der Waals surface area contributed by atoms with Gasteiger partial charge in [0.25, 0.3) is 17.5 Å². The van der Waals surface area contributed by atoms with Crippen molar-refractivity contribution in [2.45, 2.75) is 19.6 Å². The van der Waals surface area contributed by atoms with Crippen molar-refractivity contribution >= 4 is 29.2 Å². The molecule has 2 aromatic carbocycles. The van der Waals surface area contributed by atoms with Crippen LogP contribution in [-0.2, 0) is 16.1 Å². The van der Waals surface area contributed by atoms with Crippen LogP contribution in [0, 0.1) is 10.1 Å². The predicted molar refractivity (Wildman–Crippen MR) is 105 cm³/mol. The second kappa shape index (κ2) is 9.14. The highest BCUT2D eigenvalue weighted by Gasteiger charge is 2.20. The Hall–Kier alpha value is -3.79. The lowest BCUT2D eigenvalue weighted by atomic mass is 10.2. The molecule has 0 bridgehead atoms. The zero-order chi connectivity index (χ0) is 21.7. The van der Waals surface area contributed by atoms with Gasteiger partial charge in [0, 0.05) is 28.3 Å². The molecule has 3 rings (SSSR count). The van der Waals surface area contributed by atoms with E-state index in [1.807, 2.05) is 0 Å². The number of aromatic nitrogens is 2. The Morgan fingerprint density at radius 3 is 2.67 bits per heavy atom. The van der Waals surface area contributed by atoms with Crippen LogP contribution in [0.4, 0.5) is 5.69 Å². The van der Waals surface area contributed by atoms with Gasteiger partial charge in [-0.2, -0.15) is 0 Å². The average Bonchev–Trinajstić information content (AvgIpc) is 3.21. The zero-order valence-corrected chi connectivity index (χ0v) is 16.3. The maximum atomic E-state index is 12.2. The smallest absolute Gasteiger partial charge is 0.328 e. The molecule has 0 aliphatic rings. The van der Waals surface area contributed by atoms with Crippen molar-refractivity contribution in [3.05, 3.63) is 75.1 Å². The average molecular weight is 431 g/mol. The monoisotopic (exact) mass is 430 g/mol. The summed E-state index contributed by atoms with van der Waals surface area (Å²) >= 11 is 5.83. The highest BCUT2D eigenvalue weighted by atomic mass is 35.5. The van der Waals surface area contributed by atoms with Gasteiger partial charge < -0.3 is 14.5 Å². The third-order valence-corrected chi connectivity index (χ3v) is 4.17. The van der Waals surface area contributed by atoms with E-state index < -0.39 is 22.8 Å². The molecule has 3 aromatic rings. The number of non-ortho nitro benzene ring substituents is 1. The van der Waals surface area contributed by atoms with Crippen LogP contribution in [0.15, 0.2) is 52.9 Å². The molecule has 154 valence electrons. The Kier molecular flexibility index (Phi) is 6.38. The van der Waals surface area contributed by atoms with Crippen LogP contribution in [0.3, 0.4) is 0 Å². The highest BCUT2D eigenvalue weighted by molar-refractivity contribution is 6.30. The standard InChI is InChI=1S/C19H15ClN4O6/c1-11(21-17(25)13-3-2-4-15(9-13)24(27)28)19(26)29-10-16-22-23-18(30-16)12-5-7-14(20)8-6-12/h2-9,11H,10H2,1H3,(H,21,25). The fourth-order valence-electron chi connectivity index (χ4n) is 2.38. The SMILES string of the molecule is CC(NC(=O)c1cccc([N+](=O)[O-])c1)C(=O)OCc1nnc(-c2ccc(Cl)cc2)o1. The van der Waals surface area contributed by atoms with Gasteiger partial charge in [0.15, 0.2) is 6.61 Å². The van der Waals surface area contributed by atoms with Crippen molar-refractivity contribution in [1.82, 2.24) is 15.5 Å². The van der Waals surface area contributed by atoms with Gasteiger partial charge in [0.1, 0.15) is 6.04 Å². The largest absolute Gasteiger partial charge is 0.454 e. The lowest BCUT2D eigenvalue weighted by molar-refractivity contribution is -0.384. The number of hydrogen-bond donors (Lipinski definition) is 1. The van der Waals surface area contributed by atoms with Crippen LogP contribution in [0.1, 0.15) is 23.2 Å². The molecule has 0 saturated carbocycles. The van der Waals surface area contributed by atoms with E-state index in [4.69, 9.17) is 20.8 Å². The number of benzene rings is 2. The minimum atomic E-state index is -1.00. The first-order chi connectivity index (χ1) is 14.3. The fraction of sp³-hybridized carbons (Fsp3) is 0.158. The van der Waals surface area contributed by atoms with E-state index in [-0.39, 0.29) is 29.6 Å². The molecule has 30 heavy (non-hydrogen) atoms. The molecule has 1 N–H and O–H groups in total. The van der Waals surface area contributed by atoms with Crippen LogP contribution >= 0.6 is 11.6 Å².